The first-order valence-corrected chi connectivity index (χ1v) is 7.55. The van der Waals surface area contributed by atoms with Crippen LogP contribution in [0.1, 0.15) is 10.4 Å². The van der Waals surface area contributed by atoms with Gasteiger partial charge >= 0.3 is 0 Å². The number of carbonyl (C=O) groups is 1. The summed E-state index contributed by atoms with van der Waals surface area (Å²) in [6.45, 7) is 0. The third kappa shape index (κ3) is 3.10. The molecule has 3 rings (SSSR count). The Bertz CT molecular complexity index is 915. The summed E-state index contributed by atoms with van der Waals surface area (Å²) in [4.78, 5) is 13.4. The monoisotopic (exact) mass is 318 g/mol. The molecule has 0 saturated carbocycles. The zero-order chi connectivity index (χ0) is 17.1. The van der Waals surface area contributed by atoms with Crippen molar-refractivity contribution in [1.82, 2.24) is 0 Å². The summed E-state index contributed by atoms with van der Waals surface area (Å²) >= 11 is 0. The third-order valence-electron chi connectivity index (χ3n) is 3.81. The molecule has 2 N–H and O–H groups in total. The summed E-state index contributed by atoms with van der Waals surface area (Å²) in [6, 6.07) is 16.9. The summed E-state index contributed by atoms with van der Waals surface area (Å²) in [6.07, 6.45) is 0.805. The van der Waals surface area contributed by atoms with Crippen molar-refractivity contribution in [3.8, 4) is 0 Å². The van der Waals surface area contributed by atoms with E-state index in [1.165, 1.54) is 0 Å². The number of rotatable bonds is 4. The van der Waals surface area contributed by atoms with Crippen molar-refractivity contribution in [2.75, 3.05) is 24.7 Å². The normalized spacial score (nSPS) is 11.1. The van der Waals surface area contributed by atoms with Crippen LogP contribution in [0.15, 0.2) is 64.8 Å². The standard InChI is InChI=1S/C19H18N4O/c1-23(2)17-10-5-13-3-4-14(12-24)19(18(13)11-17)22-21-16-8-6-15(20)7-9-16/h3-12H,20H2,1-2H3. The molecule has 0 aliphatic rings. The van der Waals surface area contributed by atoms with Crippen LogP contribution >= 0.6 is 0 Å². The minimum atomic E-state index is 0.512. The number of azo groups is 1. The van der Waals surface area contributed by atoms with Crippen molar-refractivity contribution in [2.24, 2.45) is 10.2 Å². The van der Waals surface area contributed by atoms with E-state index in [-0.39, 0.29) is 0 Å². The van der Waals surface area contributed by atoms with E-state index in [0.717, 1.165) is 22.7 Å². The third-order valence-corrected chi connectivity index (χ3v) is 3.81. The maximum atomic E-state index is 11.4. The van der Waals surface area contributed by atoms with Gasteiger partial charge in [0.1, 0.15) is 5.69 Å². The maximum absolute atomic E-state index is 11.4. The fourth-order valence-corrected chi connectivity index (χ4v) is 2.44. The Morgan fingerprint density at radius 1 is 0.958 bits per heavy atom. The van der Waals surface area contributed by atoms with Crippen LogP contribution in [0, 0.1) is 0 Å². The first-order chi connectivity index (χ1) is 11.6. The van der Waals surface area contributed by atoms with Gasteiger partial charge in [-0.05, 0) is 47.9 Å². The zero-order valence-electron chi connectivity index (χ0n) is 13.6. The summed E-state index contributed by atoms with van der Waals surface area (Å²) in [5.41, 5.74) is 9.15. The molecule has 5 heteroatoms. The van der Waals surface area contributed by atoms with Gasteiger partial charge in [-0.1, -0.05) is 12.1 Å². The highest BCUT2D eigenvalue weighted by Gasteiger charge is 2.08. The zero-order valence-corrected chi connectivity index (χ0v) is 13.6. The van der Waals surface area contributed by atoms with Crippen LogP contribution in [-0.2, 0) is 0 Å². The number of benzene rings is 3. The molecular formula is C19H18N4O. The number of nitrogens with two attached hydrogens (primary N) is 1. The van der Waals surface area contributed by atoms with Crippen LogP contribution in [0.4, 0.5) is 22.7 Å². The molecule has 0 spiro atoms. The van der Waals surface area contributed by atoms with Crippen molar-refractivity contribution in [1.29, 1.82) is 0 Å². The molecule has 0 unspecified atom stereocenters. The van der Waals surface area contributed by atoms with E-state index in [2.05, 4.69) is 10.2 Å². The molecule has 0 atom stereocenters. The molecule has 120 valence electrons. The lowest BCUT2D eigenvalue weighted by Gasteiger charge is -2.14. The summed E-state index contributed by atoms with van der Waals surface area (Å²) in [5, 5.41) is 10.5. The number of fused-ring (bicyclic) bond motifs is 1. The first-order valence-electron chi connectivity index (χ1n) is 7.55. The molecule has 3 aromatic rings. The van der Waals surface area contributed by atoms with Crippen molar-refractivity contribution in [2.45, 2.75) is 0 Å². The highest BCUT2D eigenvalue weighted by atomic mass is 16.1. The number of hydrogen-bond acceptors (Lipinski definition) is 5. The Kier molecular flexibility index (Phi) is 4.24. The molecule has 0 bridgehead atoms. The Morgan fingerprint density at radius 3 is 2.33 bits per heavy atom. The van der Waals surface area contributed by atoms with E-state index in [0.29, 0.717) is 22.6 Å². The number of hydrogen-bond donors (Lipinski definition) is 1. The van der Waals surface area contributed by atoms with Gasteiger partial charge in [0, 0.05) is 36.4 Å². The molecular weight excluding hydrogens is 300 g/mol. The highest BCUT2D eigenvalue weighted by Crippen LogP contribution is 2.33. The fraction of sp³-hybridized carbons (Fsp3) is 0.105. The molecule has 0 heterocycles. The number of anilines is 2. The van der Waals surface area contributed by atoms with Gasteiger partial charge in [-0.15, -0.1) is 5.11 Å². The molecule has 0 saturated heterocycles. The average Bonchev–Trinajstić information content (AvgIpc) is 2.60. The molecule has 0 aliphatic heterocycles. The van der Waals surface area contributed by atoms with Gasteiger partial charge in [-0.25, -0.2) is 0 Å². The molecule has 0 radical (unpaired) electrons. The van der Waals surface area contributed by atoms with Crippen LogP contribution in [-0.4, -0.2) is 20.4 Å². The Balaban J connectivity index is 2.14. The Hall–Kier alpha value is -3.21. The average molecular weight is 318 g/mol. The van der Waals surface area contributed by atoms with E-state index in [4.69, 9.17) is 5.73 Å². The van der Waals surface area contributed by atoms with Crippen LogP contribution in [0.2, 0.25) is 0 Å². The molecule has 5 nitrogen and oxygen atoms in total. The van der Waals surface area contributed by atoms with Gasteiger partial charge in [0.05, 0.1) is 5.69 Å². The smallest absolute Gasteiger partial charge is 0.152 e. The second-order valence-corrected chi connectivity index (χ2v) is 5.71. The van der Waals surface area contributed by atoms with E-state index >= 15 is 0 Å². The molecule has 0 amide bonds. The molecule has 0 fully saturated rings. The highest BCUT2D eigenvalue weighted by molar-refractivity contribution is 6.02. The predicted octanol–water partition coefficient (Wildman–Crippen LogP) is 4.72. The van der Waals surface area contributed by atoms with Crippen molar-refractivity contribution in [3.05, 3.63) is 60.2 Å². The predicted molar refractivity (Wildman–Crippen MR) is 98.7 cm³/mol. The second kappa shape index (κ2) is 6.50. The van der Waals surface area contributed by atoms with E-state index in [9.17, 15) is 4.79 Å². The second-order valence-electron chi connectivity index (χ2n) is 5.71. The number of aldehydes is 1. The van der Waals surface area contributed by atoms with Gasteiger partial charge in [0.25, 0.3) is 0 Å². The van der Waals surface area contributed by atoms with Gasteiger partial charge in [0.2, 0.25) is 0 Å². The van der Waals surface area contributed by atoms with E-state index < -0.39 is 0 Å². The largest absolute Gasteiger partial charge is 0.399 e. The summed E-state index contributed by atoms with van der Waals surface area (Å²) in [7, 11) is 3.95. The number of carbonyl (C=O) groups excluding carboxylic acids is 1. The summed E-state index contributed by atoms with van der Waals surface area (Å²) < 4.78 is 0. The minimum Gasteiger partial charge on any atom is -0.399 e. The minimum absolute atomic E-state index is 0.512. The van der Waals surface area contributed by atoms with Crippen LogP contribution < -0.4 is 10.6 Å². The molecule has 0 aliphatic carbocycles. The lowest BCUT2D eigenvalue weighted by Crippen LogP contribution is -2.08. The fourth-order valence-electron chi connectivity index (χ4n) is 2.44. The van der Waals surface area contributed by atoms with Gasteiger partial charge < -0.3 is 10.6 Å². The van der Waals surface area contributed by atoms with Crippen LogP contribution in [0.3, 0.4) is 0 Å². The van der Waals surface area contributed by atoms with Gasteiger partial charge in [-0.3, -0.25) is 4.79 Å². The van der Waals surface area contributed by atoms with E-state index in [1.54, 1.807) is 30.3 Å². The lowest BCUT2D eigenvalue weighted by molar-refractivity contribution is 0.112. The van der Waals surface area contributed by atoms with Crippen LogP contribution in [0.25, 0.3) is 10.8 Å². The van der Waals surface area contributed by atoms with Crippen molar-refractivity contribution < 1.29 is 4.79 Å². The van der Waals surface area contributed by atoms with E-state index in [1.807, 2.05) is 43.3 Å². The van der Waals surface area contributed by atoms with Gasteiger partial charge in [0.15, 0.2) is 6.29 Å². The quantitative estimate of drug-likeness (QED) is 0.430. The number of nitrogen functional groups attached to an aromatic ring is 1. The molecule has 3 aromatic carbocycles. The first kappa shape index (κ1) is 15.7. The molecule has 0 aromatic heterocycles. The van der Waals surface area contributed by atoms with Crippen molar-refractivity contribution >= 4 is 39.8 Å². The Morgan fingerprint density at radius 2 is 1.67 bits per heavy atom. The summed E-state index contributed by atoms with van der Waals surface area (Å²) in [5.74, 6) is 0. The topological polar surface area (TPSA) is 71.0 Å². The Labute approximate surface area is 140 Å². The maximum Gasteiger partial charge on any atom is 0.152 e. The van der Waals surface area contributed by atoms with Crippen molar-refractivity contribution in [3.63, 3.8) is 0 Å². The number of nitrogens with zero attached hydrogens (tertiary/aromatic N) is 3. The SMILES string of the molecule is CN(C)c1ccc2ccc(C=O)c(N=Nc3ccc(N)cc3)c2c1. The van der Waals surface area contributed by atoms with Gasteiger partial charge in [-0.2, -0.15) is 5.11 Å². The molecule has 24 heavy (non-hydrogen) atoms. The lowest BCUT2D eigenvalue weighted by atomic mass is 10.0. The van der Waals surface area contributed by atoms with Crippen LogP contribution in [0.5, 0.6) is 0 Å².